The summed E-state index contributed by atoms with van der Waals surface area (Å²) >= 11 is 0. The van der Waals surface area contributed by atoms with Crippen molar-refractivity contribution in [2.75, 3.05) is 6.61 Å². The topological polar surface area (TPSA) is 81.0 Å². The Hall–Kier alpha value is -4.72. The first-order chi connectivity index (χ1) is 18.4. The third kappa shape index (κ3) is 5.45. The number of nitriles is 1. The molecular weight excluding hydrogens is 521 g/mol. The molecule has 0 unspecified atom stereocenters. The molecule has 0 atom stereocenters. The fourth-order valence-electron chi connectivity index (χ4n) is 3.95. The second-order valence-corrected chi connectivity index (χ2v) is 8.54. The molecule has 0 radical (unpaired) electrons. The summed E-state index contributed by atoms with van der Waals surface area (Å²) in [7, 11) is 0. The number of allylic oxidation sites excluding steroid dienone is 1. The first-order valence-corrected chi connectivity index (χ1v) is 11.5. The Bertz CT molecular complexity index is 1680. The molecule has 200 valence electrons. The zero-order chi connectivity index (χ0) is 28.5. The van der Waals surface area contributed by atoms with Gasteiger partial charge < -0.3 is 9.15 Å². The van der Waals surface area contributed by atoms with Gasteiger partial charge in [0.05, 0.1) is 30.7 Å². The van der Waals surface area contributed by atoms with Crippen molar-refractivity contribution in [1.82, 2.24) is 9.55 Å². The summed E-state index contributed by atoms with van der Waals surface area (Å²) in [5, 5.41) is 9.36. The van der Waals surface area contributed by atoms with Crippen LogP contribution in [-0.4, -0.2) is 16.2 Å². The number of hydrogen-bond acceptors (Lipinski definition) is 5. The molecular formula is C28H20F5N3O3. The van der Waals surface area contributed by atoms with E-state index in [1.54, 1.807) is 19.9 Å². The van der Waals surface area contributed by atoms with Crippen LogP contribution in [0.5, 0.6) is 5.88 Å². The molecule has 0 aliphatic carbocycles. The van der Waals surface area contributed by atoms with E-state index >= 15 is 0 Å². The van der Waals surface area contributed by atoms with E-state index < -0.39 is 41.0 Å². The van der Waals surface area contributed by atoms with Gasteiger partial charge in [-0.05, 0) is 43.7 Å². The summed E-state index contributed by atoms with van der Waals surface area (Å²) in [6.07, 6.45) is -2.30. The SMILES string of the molecule is C=C(C)c1cc(-c2coc(-c3cc(C(F)(F)F)c(C#N)c(=O)n3Cc3ccc(F)cc3F)c2)cnc1OCC. The molecule has 39 heavy (non-hydrogen) atoms. The fourth-order valence-corrected chi connectivity index (χ4v) is 3.95. The summed E-state index contributed by atoms with van der Waals surface area (Å²) in [5.74, 6) is -1.69. The van der Waals surface area contributed by atoms with Gasteiger partial charge >= 0.3 is 6.18 Å². The van der Waals surface area contributed by atoms with Crippen molar-refractivity contribution in [3.63, 3.8) is 0 Å². The maximum absolute atomic E-state index is 14.4. The van der Waals surface area contributed by atoms with Gasteiger partial charge in [0.15, 0.2) is 5.76 Å². The van der Waals surface area contributed by atoms with Gasteiger partial charge in [-0.2, -0.15) is 18.4 Å². The summed E-state index contributed by atoms with van der Waals surface area (Å²) in [6.45, 7) is 7.24. The molecule has 0 aliphatic rings. The summed E-state index contributed by atoms with van der Waals surface area (Å²) in [6, 6.07) is 7.58. The van der Waals surface area contributed by atoms with E-state index in [0.717, 1.165) is 16.7 Å². The maximum atomic E-state index is 14.4. The molecule has 0 bridgehead atoms. The standard InChI is InChI=1S/C28H20F5N3O3/c1-4-38-26-20(15(2)3)7-17(12-35-26)18-8-25(39-14-18)24-10-22(28(31,32)33)21(11-34)27(37)36(24)13-16-5-6-19(29)9-23(16)30/h5-10,12,14H,2,4,13H2,1,3H3. The predicted octanol–water partition coefficient (Wildman–Crippen LogP) is 6.82. The molecule has 1 aromatic carbocycles. The fraction of sp³-hybridized carbons (Fsp3) is 0.179. The minimum atomic E-state index is -5.04. The monoisotopic (exact) mass is 541 g/mol. The Labute approximate surface area is 219 Å². The number of rotatable bonds is 7. The number of nitrogens with zero attached hydrogens (tertiary/aromatic N) is 3. The van der Waals surface area contributed by atoms with Crippen LogP contribution in [0.25, 0.3) is 28.2 Å². The van der Waals surface area contributed by atoms with Crippen LogP contribution in [0.1, 0.15) is 36.1 Å². The van der Waals surface area contributed by atoms with Crippen LogP contribution in [-0.2, 0) is 12.7 Å². The highest BCUT2D eigenvalue weighted by atomic mass is 19.4. The van der Waals surface area contributed by atoms with Gasteiger partial charge in [0.25, 0.3) is 5.56 Å². The van der Waals surface area contributed by atoms with Gasteiger partial charge in [-0.1, -0.05) is 12.6 Å². The van der Waals surface area contributed by atoms with Crippen molar-refractivity contribution in [3.05, 3.63) is 99.7 Å². The molecule has 4 rings (SSSR count). The Morgan fingerprint density at radius 2 is 1.92 bits per heavy atom. The Balaban J connectivity index is 1.90. The molecule has 0 N–H and O–H groups in total. The molecule has 11 heteroatoms. The number of alkyl halides is 3. The number of aromatic nitrogens is 2. The van der Waals surface area contributed by atoms with Gasteiger partial charge in [0.1, 0.15) is 23.3 Å². The minimum Gasteiger partial charge on any atom is -0.478 e. The molecule has 0 saturated heterocycles. The van der Waals surface area contributed by atoms with Gasteiger partial charge in [-0.3, -0.25) is 9.36 Å². The highest BCUT2D eigenvalue weighted by molar-refractivity contribution is 5.74. The van der Waals surface area contributed by atoms with Gasteiger partial charge in [-0.15, -0.1) is 0 Å². The minimum absolute atomic E-state index is 0.162. The average Bonchev–Trinajstić information content (AvgIpc) is 3.36. The lowest BCUT2D eigenvalue weighted by Crippen LogP contribution is -2.29. The lowest BCUT2D eigenvalue weighted by atomic mass is 10.0. The molecule has 0 aliphatic heterocycles. The number of furan rings is 1. The average molecular weight is 541 g/mol. The van der Waals surface area contributed by atoms with Gasteiger partial charge in [0, 0.05) is 34.5 Å². The van der Waals surface area contributed by atoms with Crippen LogP contribution < -0.4 is 10.3 Å². The molecule has 0 saturated carbocycles. The van der Waals surface area contributed by atoms with E-state index in [-0.39, 0.29) is 17.0 Å². The van der Waals surface area contributed by atoms with Crippen LogP contribution in [0.4, 0.5) is 22.0 Å². The van der Waals surface area contributed by atoms with Crippen LogP contribution in [0.3, 0.4) is 0 Å². The highest BCUT2D eigenvalue weighted by Crippen LogP contribution is 2.36. The normalized spacial score (nSPS) is 11.3. The van der Waals surface area contributed by atoms with E-state index in [2.05, 4.69) is 11.6 Å². The Kier molecular flexibility index (Phi) is 7.40. The van der Waals surface area contributed by atoms with E-state index in [9.17, 15) is 32.0 Å². The van der Waals surface area contributed by atoms with E-state index in [0.29, 0.717) is 46.9 Å². The van der Waals surface area contributed by atoms with Crippen molar-refractivity contribution in [2.24, 2.45) is 0 Å². The predicted molar refractivity (Wildman–Crippen MR) is 133 cm³/mol. The molecule has 3 heterocycles. The molecule has 0 spiro atoms. The lowest BCUT2D eigenvalue weighted by Gasteiger charge is -2.16. The summed E-state index contributed by atoms with van der Waals surface area (Å²) in [5.41, 5.74) is -2.28. The van der Waals surface area contributed by atoms with E-state index in [1.807, 2.05) is 0 Å². The molecule has 6 nitrogen and oxygen atoms in total. The lowest BCUT2D eigenvalue weighted by molar-refractivity contribution is -0.137. The molecule has 4 aromatic rings. The Morgan fingerprint density at radius 1 is 1.18 bits per heavy atom. The van der Waals surface area contributed by atoms with Crippen molar-refractivity contribution in [2.45, 2.75) is 26.6 Å². The summed E-state index contributed by atoms with van der Waals surface area (Å²) in [4.78, 5) is 17.4. The largest absolute Gasteiger partial charge is 0.478 e. The summed E-state index contributed by atoms with van der Waals surface area (Å²) < 4.78 is 81.1. The van der Waals surface area contributed by atoms with Crippen molar-refractivity contribution < 1.29 is 31.1 Å². The quantitative estimate of drug-likeness (QED) is 0.240. The van der Waals surface area contributed by atoms with Crippen molar-refractivity contribution in [1.29, 1.82) is 5.26 Å². The number of pyridine rings is 2. The second kappa shape index (κ2) is 10.6. The first-order valence-electron chi connectivity index (χ1n) is 11.5. The van der Waals surface area contributed by atoms with Crippen LogP contribution in [0, 0.1) is 23.0 Å². The third-order valence-electron chi connectivity index (χ3n) is 5.84. The van der Waals surface area contributed by atoms with E-state index in [1.165, 1.54) is 24.6 Å². The molecule has 0 amide bonds. The Morgan fingerprint density at radius 3 is 2.54 bits per heavy atom. The van der Waals surface area contributed by atoms with Crippen molar-refractivity contribution >= 4 is 5.57 Å². The number of benzene rings is 1. The third-order valence-corrected chi connectivity index (χ3v) is 5.84. The number of halogens is 5. The number of ether oxygens (including phenoxy) is 1. The highest BCUT2D eigenvalue weighted by Gasteiger charge is 2.37. The van der Waals surface area contributed by atoms with Crippen molar-refractivity contribution in [3.8, 4) is 34.5 Å². The van der Waals surface area contributed by atoms with Gasteiger partial charge in [-0.25, -0.2) is 13.8 Å². The van der Waals surface area contributed by atoms with Crippen LogP contribution in [0.2, 0.25) is 0 Å². The van der Waals surface area contributed by atoms with Crippen LogP contribution in [0.15, 0.2) is 64.6 Å². The van der Waals surface area contributed by atoms with E-state index in [4.69, 9.17) is 9.15 Å². The maximum Gasteiger partial charge on any atom is 0.417 e. The number of hydrogen-bond donors (Lipinski definition) is 0. The zero-order valence-corrected chi connectivity index (χ0v) is 20.7. The van der Waals surface area contributed by atoms with Crippen LogP contribution >= 0.6 is 0 Å². The van der Waals surface area contributed by atoms with Gasteiger partial charge in [0.2, 0.25) is 5.88 Å². The molecule has 3 aromatic heterocycles. The smallest absolute Gasteiger partial charge is 0.417 e. The first kappa shape index (κ1) is 27.3. The second-order valence-electron chi connectivity index (χ2n) is 8.54. The zero-order valence-electron chi connectivity index (χ0n) is 20.7. The molecule has 0 fully saturated rings.